The number of carbonyl (C=O) groups excluding carboxylic acids is 1. The van der Waals surface area contributed by atoms with Crippen molar-refractivity contribution in [3.8, 4) is 0 Å². The Balaban J connectivity index is 2.93. The van der Waals surface area contributed by atoms with Crippen molar-refractivity contribution in [1.82, 2.24) is 0 Å². The van der Waals surface area contributed by atoms with Crippen molar-refractivity contribution in [2.75, 3.05) is 6.61 Å². The Bertz CT molecular complexity index is 478. The SMILES string of the molecule is CCOC(=O)CC=Cc1cccc(F)c1C(F)(F)F. The molecule has 1 aromatic carbocycles. The van der Waals surface area contributed by atoms with Crippen LogP contribution in [0.15, 0.2) is 24.3 Å². The summed E-state index contributed by atoms with van der Waals surface area (Å²) in [6.45, 7) is 1.82. The van der Waals surface area contributed by atoms with Gasteiger partial charge in [0.15, 0.2) is 0 Å². The van der Waals surface area contributed by atoms with Crippen LogP contribution in [0.4, 0.5) is 17.6 Å². The van der Waals surface area contributed by atoms with E-state index < -0.39 is 23.5 Å². The van der Waals surface area contributed by atoms with Gasteiger partial charge < -0.3 is 4.74 Å². The second-order valence-corrected chi connectivity index (χ2v) is 3.61. The molecular weight excluding hydrogens is 264 g/mol. The lowest BCUT2D eigenvalue weighted by Gasteiger charge is -2.11. The lowest BCUT2D eigenvalue weighted by atomic mass is 10.1. The highest BCUT2D eigenvalue weighted by Gasteiger charge is 2.35. The number of benzene rings is 1. The second kappa shape index (κ2) is 6.36. The van der Waals surface area contributed by atoms with E-state index in [2.05, 4.69) is 4.74 Å². The maximum Gasteiger partial charge on any atom is 0.419 e. The van der Waals surface area contributed by atoms with Crippen LogP contribution < -0.4 is 0 Å². The van der Waals surface area contributed by atoms with E-state index in [-0.39, 0.29) is 18.6 Å². The number of ether oxygens (including phenoxy) is 1. The molecule has 1 aromatic rings. The van der Waals surface area contributed by atoms with Crippen molar-refractivity contribution < 1.29 is 27.1 Å². The van der Waals surface area contributed by atoms with E-state index in [1.165, 1.54) is 12.1 Å². The van der Waals surface area contributed by atoms with Gasteiger partial charge in [-0.25, -0.2) is 4.39 Å². The van der Waals surface area contributed by atoms with Gasteiger partial charge in [-0.05, 0) is 18.6 Å². The summed E-state index contributed by atoms with van der Waals surface area (Å²) in [5, 5.41) is 0. The van der Waals surface area contributed by atoms with Gasteiger partial charge in [0, 0.05) is 0 Å². The van der Waals surface area contributed by atoms with Crippen molar-refractivity contribution in [2.45, 2.75) is 19.5 Å². The minimum absolute atomic E-state index is 0.165. The molecule has 0 heterocycles. The highest BCUT2D eigenvalue weighted by atomic mass is 19.4. The quantitative estimate of drug-likeness (QED) is 0.617. The molecule has 19 heavy (non-hydrogen) atoms. The van der Waals surface area contributed by atoms with Gasteiger partial charge in [-0.3, -0.25) is 4.79 Å². The Morgan fingerprint density at radius 3 is 2.63 bits per heavy atom. The summed E-state index contributed by atoms with van der Waals surface area (Å²) in [5.74, 6) is -1.89. The third-order valence-corrected chi connectivity index (χ3v) is 2.22. The summed E-state index contributed by atoms with van der Waals surface area (Å²) >= 11 is 0. The van der Waals surface area contributed by atoms with Crippen LogP contribution in [0.25, 0.3) is 6.08 Å². The molecule has 0 saturated heterocycles. The van der Waals surface area contributed by atoms with Crippen molar-refractivity contribution in [3.05, 3.63) is 41.2 Å². The molecule has 104 valence electrons. The summed E-state index contributed by atoms with van der Waals surface area (Å²) in [7, 11) is 0. The monoisotopic (exact) mass is 276 g/mol. The summed E-state index contributed by atoms with van der Waals surface area (Å²) in [4.78, 5) is 11.0. The van der Waals surface area contributed by atoms with Crippen molar-refractivity contribution in [2.24, 2.45) is 0 Å². The fraction of sp³-hybridized carbons (Fsp3) is 0.308. The van der Waals surface area contributed by atoms with Gasteiger partial charge in [0.25, 0.3) is 0 Å². The summed E-state index contributed by atoms with van der Waals surface area (Å²) in [5.41, 5.74) is -1.66. The van der Waals surface area contributed by atoms with E-state index in [1.807, 2.05) is 0 Å². The van der Waals surface area contributed by atoms with Gasteiger partial charge in [0.2, 0.25) is 0 Å². The molecule has 0 aliphatic carbocycles. The number of hydrogen-bond donors (Lipinski definition) is 0. The number of rotatable bonds is 4. The van der Waals surface area contributed by atoms with Gasteiger partial charge in [0.1, 0.15) is 5.82 Å². The number of halogens is 4. The first-order valence-electron chi connectivity index (χ1n) is 5.54. The first-order valence-corrected chi connectivity index (χ1v) is 5.54. The molecule has 1 rings (SSSR count). The molecule has 0 bridgehead atoms. The van der Waals surface area contributed by atoms with Gasteiger partial charge >= 0.3 is 12.1 Å². The molecule has 0 N–H and O–H groups in total. The van der Waals surface area contributed by atoms with Crippen LogP contribution >= 0.6 is 0 Å². The highest BCUT2D eigenvalue weighted by Crippen LogP contribution is 2.34. The lowest BCUT2D eigenvalue weighted by molar-refractivity contribution is -0.142. The van der Waals surface area contributed by atoms with Crippen LogP contribution in [0.2, 0.25) is 0 Å². The van der Waals surface area contributed by atoms with Gasteiger partial charge in [-0.2, -0.15) is 13.2 Å². The van der Waals surface area contributed by atoms with Crippen molar-refractivity contribution >= 4 is 12.0 Å². The number of hydrogen-bond acceptors (Lipinski definition) is 2. The van der Waals surface area contributed by atoms with Crippen LogP contribution in [0.3, 0.4) is 0 Å². The van der Waals surface area contributed by atoms with E-state index in [1.54, 1.807) is 6.92 Å². The fourth-order valence-corrected chi connectivity index (χ4v) is 1.48. The molecule has 0 saturated carbocycles. The van der Waals surface area contributed by atoms with Crippen molar-refractivity contribution in [3.63, 3.8) is 0 Å². The molecular formula is C13H12F4O2. The zero-order valence-electron chi connectivity index (χ0n) is 10.1. The number of carbonyl (C=O) groups is 1. The topological polar surface area (TPSA) is 26.3 Å². The van der Waals surface area contributed by atoms with E-state index in [4.69, 9.17) is 0 Å². The Hall–Kier alpha value is -1.85. The maximum absolute atomic E-state index is 13.2. The molecule has 0 aliphatic rings. The van der Waals surface area contributed by atoms with Gasteiger partial charge in [-0.1, -0.05) is 24.3 Å². The average Bonchev–Trinajstić information content (AvgIpc) is 2.27. The Kier molecular flexibility index (Phi) is 5.09. The van der Waals surface area contributed by atoms with Crippen molar-refractivity contribution in [1.29, 1.82) is 0 Å². The number of esters is 1. The minimum atomic E-state index is -4.78. The Morgan fingerprint density at radius 1 is 1.37 bits per heavy atom. The predicted molar refractivity (Wildman–Crippen MR) is 61.7 cm³/mol. The average molecular weight is 276 g/mol. The first kappa shape index (κ1) is 15.2. The van der Waals surface area contributed by atoms with Crippen LogP contribution in [0.1, 0.15) is 24.5 Å². The molecule has 0 unspecified atom stereocenters. The fourth-order valence-electron chi connectivity index (χ4n) is 1.48. The van der Waals surface area contributed by atoms with Crippen LogP contribution in [0.5, 0.6) is 0 Å². The highest BCUT2D eigenvalue weighted by molar-refractivity contribution is 5.72. The number of alkyl halides is 3. The van der Waals surface area contributed by atoms with E-state index in [0.29, 0.717) is 0 Å². The molecule has 0 aliphatic heterocycles. The normalized spacial score (nSPS) is 11.8. The zero-order valence-corrected chi connectivity index (χ0v) is 10.1. The van der Waals surface area contributed by atoms with Gasteiger partial charge in [-0.15, -0.1) is 0 Å². The summed E-state index contributed by atoms with van der Waals surface area (Å²) in [6, 6.07) is 3.05. The molecule has 0 radical (unpaired) electrons. The smallest absolute Gasteiger partial charge is 0.419 e. The molecule has 0 atom stereocenters. The largest absolute Gasteiger partial charge is 0.466 e. The summed E-state index contributed by atoms with van der Waals surface area (Å²) in [6.07, 6.45) is -2.68. The van der Waals surface area contributed by atoms with E-state index >= 15 is 0 Å². The summed E-state index contributed by atoms with van der Waals surface area (Å²) < 4.78 is 55.8. The molecule has 0 spiro atoms. The third-order valence-electron chi connectivity index (χ3n) is 2.22. The van der Waals surface area contributed by atoms with Crippen LogP contribution in [-0.4, -0.2) is 12.6 Å². The van der Waals surface area contributed by atoms with Crippen LogP contribution in [0, 0.1) is 5.82 Å². The molecule has 0 fully saturated rings. The van der Waals surface area contributed by atoms with Crippen LogP contribution in [-0.2, 0) is 15.7 Å². The Labute approximate surface area is 107 Å². The standard InChI is InChI=1S/C13H12F4O2/c1-2-19-11(18)8-4-6-9-5-3-7-10(14)12(9)13(15,16)17/h3-7H,2,8H2,1H3. The maximum atomic E-state index is 13.2. The molecule has 0 aromatic heterocycles. The molecule has 0 amide bonds. The Morgan fingerprint density at radius 2 is 2.05 bits per heavy atom. The second-order valence-electron chi connectivity index (χ2n) is 3.61. The van der Waals surface area contributed by atoms with E-state index in [0.717, 1.165) is 18.2 Å². The van der Waals surface area contributed by atoms with Gasteiger partial charge in [0.05, 0.1) is 18.6 Å². The first-order chi connectivity index (χ1) is 8.86. The lowest BCUT2D eigenvalue weighted by Crippen LogP contribution is -2.10. The molecule has 6 heteroatoms. The predicted octanol–water partition coefficient (Wildman–Crippen LogP) is 3.81. The minimum Gasteiger partial charge on any atom is -0.466 e. The van der Waals surface area contributed by atoms with E-state index in [9.17, 15) is 22.4 Å². The zero-order chi connectivity index (χ0) is 14.5. The third kappa shape index (κ3) is 4.39. The molecule has 2 nitrogen and oxygen atoms in total.